The molecule has 104 valence electrons. The van der Waals surface area contributed by atoms with Crippen LogP contribution in [0, 0.1) is 6.92 Å². The molecule has 0 spiro atoms. The van der Waals surface area contributed by atoms with E-state index in [1.165, 1.54) is 16.7 Å². The maximum atomic E-state index is 6.38. The number of anilines is 1. The lowest BCUT2D eigenvalue weighted by atomic mass is 10.0. The lowest BCUT2D eigenvalue weighted by Gasteiger charge is -2.18. The number of rotatable bonds is 1. The van der Waals surface area contributed by atoms with E-state index in [1.54, 1.807) is 0 Å². The molecule has 1 aromatic heterocycles. The molecule has 0 unspecified atom stereocenters. The Bertz CT molecular complexity index is 830. The smallest absolute Gasteiger partial charge is 0.142 e. The van der Waals surface area contributed by atoms with E-state index in [9.17, 15) is 0 Å². The van der Waals surface area contributed by atoms with Crippen molar-refractivity contribution in [3.05, 3.63) is 59.7 Å². The standard InChI is InChI=1S/C18H17N3/c1-12-6-2-4-8-14(12)16-17(19)21-11-10-13-7-3-5-9-15(13)18(21)20-16/h2-9H,10-11,19H2,1H3. The largest absolute Gasteiger partial charge is 0.383 e. The van der Waals surface area contributed by atoms with Crippen molar-refractivity contribution in [1.29, 1.82) is 0 Å². The highest BCUT2D eigenvalue weighted by molar-refractivity contribution is 5.78. The molecule has 3 nitrogen and oxygen atoms in total. The maximum absolute atomic E-state index is 6.38. The Kier molecular flexibility index (Phi) is 2.61. The molecular formula is C18H17N3. The minimum absolute atomic E-state index is 0.772. The summed E-state index contributed by atoms with van der Waals surface area (Å²) in [6.07, 6.45) is 1.01. The third-order valence-corrected chi connectivity index (χ3v) is 4.27. The van der Waals surface area contributed by atoms with Crippen molar-refractivity contribution >= 4 is 5.82 Å². The van der Waals surface area contributed by atoms with Crippen molar-refractivity contribution in [3.63, 3.8) is 0 Å². The van der Waals surface area contributed by atoms with Gasteiger partial charge in [-0.25, -0.2) is 4.98 Å². The van der Waals surface area contributed by atoms with Crippen LogP contribution in [0.1, 0.15) is 11.1 Å². The molecule has 2 N–H and O–H groups in total. The second-order valence-corrected chi connectivity index (χ2v) is 5.54. The number of aryl methyl sites for hydroxylation is 2. The van der Waals surface area contributed by atoms with Crippen LogP contribution >= 0.6 is 0 Å². The average molecular weight is 275 g/mol. The summed E-state index contributed by atoms with van der Waals surface area (Å²) in [5, 5.41) is 0. The van der Waals surface area contributed by atoms with Crippen LogP contribution in [0.2, 0.25) is 0 Å². The van der Waals surface area contributed by atoms with E-state index in [2.05, 4.69) is 47.9 Å². The molecule has 0 amide bonds. The summed E-state index contributed by atoms with van der Waals surface area (Å²) >= 11 is 0. The molecular weight excluding hydrogens is 258 g/mol. The molecule has 21 heavy (non-hydrogen) atoms. The van der Waals surface area contributed by atoms with E-state index in [-0.39, 0.29) is 0 Å². The molecule has 4 rings (SSSR count). The molecule has 0 bridgehead atoms. The number of aromatic nitrogens is 2. The van der Waals surface area contributed by atoms with Crippen molar-refractivity contribution in [2.24, 2.45) is 0 Å². The fraction of sp³-hybridized carbons (Fsp3) is 0.167. The van der Waals surface area contributed by atoms with Crippen molar-refractivity contribution in [2.45, 2.75) is 19.9 Å². The van der Waals surface area contributed by atoms with Crippen LogP contribution < -0.4 is 5.73 Å². The molecule has 0 fully saturated rings. The average Bonchev–Trinajstić information content (AvgIpc) is 2.85. The summed E-state index contributed by atoms with van der Waals surface area (Å²) in [5.41, 5.74) is 12.2. The predicted octanol–water partition coefficient (Wildman–Crippen LogP) is 3.66. The molecule has 0 saturated carbocycles. The van der Waals surface area contributed by atoms with Gasteiger partial charge in [0.25, 0.3) is 0 Å². The van der Waals surface area contributed by atoms with Gasteiger partial charge >= 0.3 is 0 Å². The predicted molar refractivity (Wildman–Crippen MR) is 86.0 cm³/mol. The lowest BCUT2D eigenvalue weighted by molar-refractivity contribution is 0.691. The van der Waals surface area contributed by atoms with E-state index in [1.807, 2.05) is 12.1 Å². The highest BCUT2D eigenvalue weighted by atomic mass is 15.1. The minimum Gasteiger partial charge on any atom is -0.383 e. The molecule has 2 aromatic carbocycles. The van der Waals surface area contributed by atoms with Gasteiger partial charge in [-0.1, -0.05) is 48.5 Å². The highest BCUT2D eigenvalue weighted by Gasteiger charge is 2.23. The van der Waals surface area contributed by atoms with Crippen LogP contribution in [0.25, 0.3) is 22.6 Å². The SMILES string of the molecule is Cc1ccccc1-c1nc2n(c1N)CCc1ccccc1-2. The molecule has 0 saturated heterocycles. The lowest BCUT2D eigenvalue weighted by Crippen LogP contribution is -2.12. The Morgan fingerprint density at radius 3 is 2.52 bits per heavy atom. The Balaban J connectivity index is 1.96. The van der Waals surface area contributed by atoms with Gasteiger partial charge in [-0.2, -0.15) is 0 Å². The van der Waals surface area contributed by atoms with Crippen molar-refractivity contribution in [1.82, 2.24) is 9.55 Å². The first kappa shape index (κ1) is 12.2. The second-order valence-electron chi connectivity index (χ2n) is 5.54. The van der Waals surface area contributed by atoms with E-state index < -0.39 is 0 Å². The molecule has 3 heteroatoms. The minimum atomic E-state index is 0.772. The van der Waals surface area contributed by atoms with Crippen molar-refractivity contribution in [3.8, 4) is 22.6 Å². The van der Waals surface area contributed by atoms with E-state index >= 15 is 0 Å². The third-order valence-electron chi connectivity index (χ3n) is 4.27. The maximum Gasteiger partial charge on any atom is 0.142 e. The third kappa shape index (κ3) is 1.77. The molecule has 2 heterocycles. The van der Waals surface area contributed by atoms with Crippen LogP contribution in [0.3, 0.4) is 0 Å². The zero-order chi connectivity index (χ0) is 14.4. The quantitative estimate of drug-likeness (QED) is 0.736. The van der Waals surface area contributed by atoms with Gasteiger partial charge in [0, 0.05) is 17.7 Å². The van der Waals surface area contributed by atoms with Crippen molar-refractivity contribution in [2.75, 3.05) is 5.73 Å². The Hall–Kier alpha value is -2.55. The number of fused-ring (bicyclic) bond motifs is 3. The Morgan fingerprint density at radius 2 is 1.71 bits per heavy atom. The van der Waals surface area contributed by atoms with Gasteiger partial charge < -0.3 is 10.3 Å². The van der Waals surface area contributed by atoms with Gasteiger partial charge in [0.1, 0.15) is 17.3 Å². The fourth-order valence-corrected chi connectivity index (χ4v) is 3.12. The Labute approximate surface area is 124 Å². The number of benzene rings is 2. The van der Waals surface area contributed by atoms with Crippen LogP contribution in [-0.2, 0) is 13.0 Å². The van der Waals surface area contributed by atoms with Gasteiger partial charge in [-0.05, 0) is 24.5 Å². The van der Waals surface area contributed by atoms with Crippen LogP contribution in [0.5, 0.6) is 0 Å². The Morgan fingerprint density at radius 1 is 1.00 bits per heavy atom. The highest BCUT2D eigenvalue weighted by Crippen LogP contribution is 2.36. The normalized spacial score (nSPS) is 12.8. The number of nitrogens with zero attached hydrogens (tertiary/aromatic N) is 2. The number of nitrogens with two attached hydrogens (primary N) is 1. The fourth-order valence-electron chi connectivity index (χ4n) is 3.12. The number of hydrogen-bond acceptors (Lipinski definition) is 2. The first-order valence-electron chi connectivity index (χ1n) is 7.26. The zero-order valence-corrected chi connectivity index (χ0v) is 12.0. The zero-order valence-electron chi connectivity index (χ0n) is 12.0. The molecule has 0 aliphatic carbocycles. The summed E-state index contributed by atoms with van der Waals surface area (Å²) in [5.74, 6) is 1.77. The van der Waals surface area contributed by atoms with Crippen LogP contribution in [0.4, 0.5) is 5.82 Å². The first-order chi connectivity index (χ1) is 10.3. The topological polar surface area (TPSA) is 43.8 Å². The summed E-state index contributed by atoms with van der Waals surface area (Å²) in [6, 6.07) is 16.7. The van der Waals surface area contributed by atoms with Crippen LogP contribution in [0.15, 0.2) is 48.5 Å². The van der Waals surface area contributed by atoms with E-state index in [0.717, 1.165) is 35.9 Å². The second kappa shape index (κ2) is 4.48. The molecule has 1 aliphatic heterocycles. The van der Waals surface area contributed by atoms with Gasteiger partial charge in [0.15, 0.2) is 0 Å². The van der Waals surface area contributed by atoms with E-state index in [0.29, 0.717) is 0 Å². The number of nitrogen functional groups attached to an aromatic ring is 1. The van der Waals surface area contributed by atoms with Gasteiger partial charge in [-0.15, -0.1) is 0 Å². The first-order valence-corrected chi connectivity index (χ1v) is 7.26. The monoisotopic (exact) mass is 275 g/mol. The number of hydrogen-bond donors (Lipinski definition) is 1. The molecule has 0 radical (unpaired) electrons. The van der Waals surface area contributed by atoms with Crippen LogP contribution in [-0.4, -0.2) is 9.55 Å². The molecule has 0 atom stereocenters. The van der Waals surface area contributed by atoms with Gasteiger partial charge in [0.2, 0.25) is 0 Å². The molecule has 3 aromatic rings. The molecule has 1 aliphatic rings. The summed E-state index contributed by atoms with van der Waals surface area (Å²) in [4.78, 5) is 4.86. The summed E-state index contributed by atoms with van der Waals surface area (Å²) in [7, 11) is 0. The van der Waals surface area contributed by atoms with Gasteiger partial charge in [0.05, 0.1) is 0 Å². The van der Waals surface area contributed by atoms with E-state index in [4.69, 9.17) is 10.7 Å². The number of imidazole rings is 1. The van der Waals surface area contributed by atoms with Crippen molar-refractivity contribution < 1.29 is 0 Å². The van der Waals surface area contributed by atoms with Gasteiger partial charge in [-0.3, -0.25) is 0 Å². The summed E-state index contributed by atoms with van der Waals surface area (Å²) < 4.78 is 2.14. The summed E-state index contributed by atoms with van der Waals surface area (Å²) in [6.45, 7) is 3.00.